The number of methoxy groups -OCH3 is 1. The quantitative estimate of drug-likeness (QED) is 0.702. The molecule has 3 rings (SSSR count). The summed E-state index contributed by atoms with van der Waals surface area (Å²) >= 11 is 0.927. The van der Waals surface area contributed by atoms with Crippen molar-refractivity contribution in [1.82, 2.24) is 9.78 Å². The number of anilines is 1. The standard InChI is InChI=1S/C15H10F3N3O3S/c1-24-14(23)13-11(19)12-9(25-13)6-10(22)21(20-12)8-4-2-3-7(5-8)15(16,17)18/h2-6H,19H2,1H3. The number of hydrogen-bond acceptors (Lipinski definition) is 6. The Kier molecular flexibility index (Phi) is 3.99. The first-order chi connectivity index (χ1) is 11.7. The molecule has 0 saturated carbocycles. The van der Waals surface area contributed by atoms with Gasteiger partial charge in [0.15, 0.2) is 0 Å². The third kappa shape index (κ3) is 2.95. The highest BCUT2D eigenvalue weighted by Crippen LogP contribution is 2.33. The van der Waals surface area contributed by atoms with Gasteiger partial charge >= 0.3 is 12.1 Å². The van der Waals surface area contributed by atoms with E-state index in [0.717, 1.165) is 34.2 Å². The number of rotatable bonds is 2. The summed E-state index contributed by atoms with van der Waals surface area (Å²) in [5.74, 6) is -0.682. The van der Waals surface area contributed by atoms with E-state index in [1.54, 1.807) is 0 Å². The second-order valence-electron chi connectivity index (χ2n) is 4.99. The van der Waals surface area contributed by atoms with Gasteiger partial charge in [0, 0.05) is 6.07 Å². The van der Waals surface area contributed by atoms with Crippen molar-refractivity contribution in [2.75, 3.05) is 12.8 Å². The van der Waals surface area contributed by atoms with Gasteiger partial charge in [-0.2, -0.15) is 23.0 Å². The van der Waals surface area contributed by atoms with Gasteiger partial charge in [0.05, 0.1) is 28.7 Å². The van der Waals surface area contributed by atoms with Crippen LogP contribution in [0.3, 0.4) is 0 Å². The van der Waals surface area contributed by atoms with Crippen molar-refractivity contribution < 1.29 is 22.7 Å². The summed E-state index contributed by atoms with van der Waals surface area (Å²) < 4.78 is 44.3. The molecule has 2 aromatic heterocycles. The summed E-state index contributed by atoms with van der Waals surface area (Å²) in [6.45, 7) is 0. The Hall–Kier alpha value is -2.88. The summed E-state index contributed by atoms with van der Waals surface area (Å²) in [4.78, 5) is 24.0. The molecule has 1 aromatic carbocycles. The number of aromatic nitrogens is 2. The summed E-state index contributed by atoms with van der Waals surface area (Å²) in [6.07, 6.45) is -4.55. The zero-order chi connectivity index (χ0) is 18.4. The molecule has 3 aromatic rings. The van der Waals surface area contributed by atoms with E-state index in [2.05, 4.69) is 9.84 Å². The second-order valence-corrected chi connectivity index (χ2v) is 6.04. The molecule has 25 heavy (non-hydrogen) atoms. The van der Waals surface area contributed by atoms with Gasteiger partial charge in [-0.15, -0.1) is 11.3 Å². The van der Waals surface area contributed by atoms with Gasteiger partial charge < -0.3 is 10.5 Å². The van der Waals surface area contributed by atoms with Crippen LogP contribution in [0.15, 0.2) is 35.1 Å². The minimum absolute atomic E-state index is 0.00701. The molecule has 0 unspecified atom stereocenters. The first kappa shape index (κ1) is 17.0. The van der Waals surface area contributed by atoms with E-state index in [1.165, 1.54) is 19.2 Å². The summed E-state index contributed by atoms with van der Waals surface area (Å²) in [6, 6.07) is 5.36. The molecule has 0 aliphatic heterocycles. The van der Waals surface area contributed by atoms with Crippen molar-refractivity contribution in [1.29, 1.82) is 0 Å². The second kappa shape index (κ2) is 5.88. The van der Waals surface area contributed by atoms with Gasteiger partial charge in [0.25, 0.3) is 5.56 Å². The third-order valence-corrected chi connectivity index (χ3v) is 4.52. The maximum atomic E-state index is 12.9. The van der Waals surface area contributed by atoms with Gasteiger partial charge in [0.2, 0.25) is 0 Å². The topological polar surface area (TPSA) is 87.2 Å². The first-order valence-electron chi connectivity index (χ1n) is 6.80. The van der Waals surface area contributed by atoms with Crippen LogP contribution in [0, 0.1) is 0 Å². The van der Waals surface area contributed by atoms with Crippen LogP contribution in [0.1, 0.15) is 15.2 Å². The van der Waals surface area contributed by atoms with Crippen LogP contribution < -0.4 is 11.3 Å². The smallest absolute Gasteiger partial charge is 0.416 e. The van der Waals surface area contributed by atoms with Gasteiger partial charge in [0.1, 0.15) is 10.4 Å². The monoisotopic (exact) mass is 369 g/mol. The van der Waals surface area contributed by atoms with Gasteiger partial charge in [-0.3, -0.25) is 4.79 Å². The number of alkyl halides is 3. The van der Waals surface area contributed by atoms with E-state index in [4.69, 9.17) is 5.73 Å². The number of nitrogens with zero attached hydrogens (tertiary/aromatic N) is 2. The van der Waals surface area contributed by atoms with Crippen LogP contribution in [-0.4, -0.2) is 22.9 Å². The van der Waals surface area contributed by atoms with E-state index < -0.39 is 23.3 Å². The minimum atomic E-state index is -4.55. The number of carbonyl (C=O) groups is 1. The Bertz CT molecular complexity index is 1040. The molecule has 0 atom stereocenters. The van der Waals surface area contributed by atoms with Crippen molar-refractivity contribution in [3.63, 3.8) is 0 Å². The number of thiophene rings is 1. The Morgan fingerprint density at radius 2 is 2.04 bits per heavy atom. The number of esters is 1. The fraction of sp³-hybridized carbons (Fsp3) is 0.133. The highest BCUT2D eigenvalue weighted by Gasteiger charge is 2.30. The van der Waals surface area contributed by atoms with Gasteiger partial charge in [-0.05, 0) is 18.2 Å². The third-order valence-electron chi connectivity index (χ3n) is 3.40. The zero-order valence-corrected chi connectivity index (χ0v) is 13.4. The minimum Gasteiger partial charge on any atom is -0.465 e. The SMILES string of the molecule is COC(=O)c1sc2cc(=O)n(-c3cccc(C(F)(F)F)c3)nc2c1N. The van der Waals surface area contributed by atoms with Crippen LogP contribution in [0.4, 0.5) is 18.9 Å². The maximum Gasteiger partial charge on any atom is 0.416 e. The van der Waals surface area contributed by atoms with Crippen molar-refractivity contribution in [3.05, 3.63) is 51.1 Å². The number of carbonyl (C=O) groups excluding carboxylic acids is 1. The highest BCUT2D eigenvalue weighted by atomic mass is 32.1. The van der Waals surface area contributed by atoms with Crippen molar-refractivity contribution >= 4 is 33.2 Å². The van der Waals surface area contributed by atoms with Crippen molar-refractivity contribution in [2.24, 2.45) is 0 Å². The number of fused-ring (bicyclic) bond motifs is 1. The van der Waals surface area contributed by atoms with Crippen LogP contribution in [-0.2, 0) is 10.9 Å². The van der Waals surface area contributed by atoms with Crippen LogP contribution in [0.5, 0.6) is 0 Å². The molecule has 0 aliphatic rings. The van der Waals surface area contributed by atoms with E-state index in [-0.39, 0.29) is 21.8 Å². The molecule has 130 valence electrons. The fourth-order valence-corrected chi connectivity index (χ4v) is 3.22. The Morgan fingerprint density at radius 1 is 1.32 bits per heavy atom. The molecule has 0 spiro atoms. The summed E-state index contributed by atoms with van der Waals surface area (Å²) in [5, 5.41) is 4.02. The van der Waals surface area contributed by atoms with Gasteiger partial charge in [-0.25, -0.2) is 4.79 Å². The van der Waals surface area contributed by atoms with E-state index in [9.17, 15) is 22.8 Å². The van der Waals surface area contributed by atoms with E-state index in [0.29, 0.717) is 4.70 Å². The first-order valence-corrected chi connectivity index (χ1v) is 7.62. The van der Waals surface area contributed by atoms with Crippen LogP contribution in [0.25, 0.3) is 15.9 Å². The number of benzene rings is 1. The molecule has 0 amide bonds. The number of nitrogens with two attached hydrogens (primary N) is 1. The Morgan fingerprint density at radius 3 is 2.68 bits per heavy atom. The van der Waals surface area contributed by atoms with Crippen molar-refractivity contribution in [3.8, 4) is 5.69 Å². The van der Waals surface area contributed by atoms with Crippen LogP contribution >= 0.6 is 11.3 Å². The fourth-order valence-electron chi connectivity index (χ4n) is 2.22. The van der Waals surface area contributed by atoms with E-state index >= 15 is 0 Å². The largest absolute Gasteiger partial charge is 0.465 e. The molecule has 0 saturated heterocycles. The predicted molar refractivity (Wildman–Crippen MR) is 86.0 cm³/mol. The average molecular weight is 369 g/mol. The number of hydrogen-bond donors (Lipinski definition) is 1. The zero-order valence-electron chi connectivity index (χ0n) is 12.6. The molecule has 0 aliphatic carbocycles. The van der Waals surface area contributed by atoms with E-state index in [1.807, 2.05) is 0 Å². The lowest BCUT2D eigenvalue weighted by Gasteiger charge is -2.09. The highest BCUT2D eigenvalue weighted by molar-refractivity contribution is 7.21. The number of nitrogen functional groups attached to an aromatic ring is 1. The molecule has 2 N–H and O–H groups in total. The molecule has 0 radical (unpaired) electrons. The lowest BCUT2D eigenvalue weighted by atomic mass is 10.2. The molecule has 6 nitrogen and oxygen atoms in total. The summed E-state index contributed by atoms with van der Waals surface area (Å²) in [7, 11) is 1.18. The van der Waals surface area contributed by atoms with Crippen molar-refractivity contribution in [2.45, 2.75) is 6.18 Å². The lowest BCUT2D eigenvalue weighted by molar-refractivity contribution is -0.137. The Balaban J connectivity index is 2.21. The number of ether oxygens (including phenoxy) is 1. The molecular formula is C15H10F3N3O3S. The maximum absolute atomic E-state index is 12.9. The van der Waals surface area contributed by atoms with Gasteiger partial charge in [-0.1, -0.05) is 6.07 Å². The molecule has 0 fully saturated rings. The summed E-state index contributed by atoms with van der Waals surface area (Å²) in [5.41, 5.74) is 4.39. The molecule has 0 bridgehead atoms. The predicted octanol–water partition coefficient (Wildman–Crippen LogP) is 2.83. The normalized spacial score (nSPS) is 11.7. The molecule has 10 heteroatoms. The molecule has 2 heterocycles. The number of halogens is 3. The Labute approximate surface area is 142 Å². The lowest BCUT2D eigenvalue weighted by Crippen LogP contribution is -2.20. The average Bonchev–Trinajstić information content (AvgIpc) is 2.88. The molecular weight excluding hydrogens is 359 g/mol. The van der Waals surface area contributed by atoms with Crippen LogP contribution in [0.2, 0.25) is 0 Å².